The number of rotatable bonds is 6. The highest BCUT2D eigenvalue weighted by atomic mass is 35.5. The number of aryl methyl sites for hydroxylation is 2. The fraction of sp³-hybridized carbons (Fsp3) is 0.636. The average molecular weight is 294 g/mol. The molecular weight excluding hydrogens is 274 g/mol. The molecule has 0 spiro atoms. The van der Waals surface area contributed by atoms with Crippen LogP contribution in [0.5, 0.6) is 0 Å². The molecule has 1 amide bonds. The Balaban J connectivity index is 0.00000289. The standard InChI is InChI=1S/C11H19N3O2S.ClH/c1-7(4-12)13-11(15)6-17-5-10-8(2)14-16-9(10)3;/h7H,4-6,12H2,1-3H3,(H,13,15);1H/t7-;/m0./s1. The first-order valence-electron chi connectivity index (χ1n) is 5.53. The maximum atomic E-state index is 11.5. The second kappa shape index (κ2) is 8.39. The Labute approximate surface area is 118 Å². The number of hydrogen-bond donors (Lipinski definition) is 2. The molecule has 3 N–H and O–H groups in total. The molecule has 7 heteroatoms. The summed E-state index contributed by atoms with van der Waals surface area (Å²) in [6, 6.07) is 0.0298. The van der Waals surface area contributed by atoms with Gasteiger partial charge in [0.2, 0.25) is 5.91 Å². The highest BCUT2D eigenvalue weighted by Gasteiger charge is 2.10. The van der Waals surface area contributed by atoms with Crippen molar-refractivity contribution in [3.63, 3.8) is 0 Å². The van der Waals surface area contributed by atoms with Crippen LogP contribution in [-0.4, -0.2) is 29.4 Å². The Bertz CT molecular complexity index is 365. The summed E-state index contributed by atoms with van der Waals surface area (Å²) in [7, 11) is 0. The number of halogens is 1. The lowest BCUT2D eigenvalue weighted by atomic mass is 10.2. The third-order valence-corrected chi connectivity index (χ3v) is 3.38. The molecular formula is C11H20ClN3O2S. The molecule has 0 radical (unpaired) electrons. The van der Waals surface area contributed by atoms with Gasteiger partial charge in [0.05, 0.1) is 11.4 Å². The zero-order valence-electron chi connectivity index (χ0n) is 10.9. The molecule has 0 aliphatic rings. The van der Waals surface area contributed by atoms with E-state index in [0.717, 1.165) is 22.8 Å². The lowest BCUT2D eigenvalue weighted by Crippen LogP contribution is -2.38. The molecule has 1 atom stereocenters. The van der Waals surface area contributed by atoms with Gasteiger partial charge in [-0.2, -0.15) is 0 Å². The number of carbonyl (C=O) groups is 1. The molecule has 1 aromatic rings. The monoisotopic (exact) mass is 293 g/mol. The topological polar surface area (TPSA) is 81.2 Å². The minimum Gasteiger partial charge on any atom is -0.361 e. The van der Waals surface area contributed by atoms with Gasteiger partial charge in [-0.05, 0) is 20.8 Å². The number of nitrogens with one attached hydrogen (secondary N) is 1. The van der Waals surface area contributed by atoms with Crippen LogP contribution in [0.4, 0.5) is 0 Å². The highest BCUT2D eigenvalue weighted by molar-refractivity contribution is 7.99. The van der Waals surface area contributed by atoms with Gasteiger partial charge in [-0.3, -0.25) is 4.79 Å². The number of thioether (sulfide) groups is 1. The van der Waals surface area contributed by atoms with Gasteiger partial charge in [0.25, 0.3) is 0 Å². The molecule has 0 aliphatic heterocycles. The Morgan fingerprint density at radius 3 is 2.72 bits per heavy atom. The van der Waals surface area contributed by atoms with Crippen molar-refractivity contribution in [2.75, 3.05) is 12.3 Å². The van der Waals surface area contributed by atoms with Gasteiger partial charge in [0.1, 0.15) is 5.76 Å². The summed E-state index contributed by atoms with van der Waals surface area (Å²) in [5.74, 6) is 2.01. The van der Waals surface area contributed by atoms with Crippen LogP contribution >= 0.6 is 24.2 Å². The van der Waals surface area contributed by atoms with Gasteiger partial charge in [-0.1, -0.05) is 5.16 Å². The largest absolute Gasteiger partial charge is 0.361 e. The molecule has 1 aromatic heterocycles. The van der Waals surface area contributed by atoms with Crippen molar-refractivity contribution in [1.29, 1.82) is 0 Å². The van der Waals surface area contributed by atoms with Crippen LogP contribution in [0.25, 0.3) is 0 Å². The molecule has 0 saturated carbocycles. The lowest BCUT2D eigenvalue weighted by molar-refractivity contribution is -0.119. The smallest absolute Gasteiger partial charge is 0.230 e. The summed E-state index contributed by atoms with van der Waals surface area (Å²) in [5.41, 5.74) is 7.40. The first-order chi connectivity index (χ1) is 8.04. The quantitative estimate of drug-likeness (QED) is 0.829. The molecule has 18 heavy (non-hydrogen) atoms. The molecule has 0 fully saturated rings. The van der Waals surface area contributed by atoms with E-state index in [-0.39, 0.29) is 24.4 Å². The summed E-state index contributed by atoms with van der Waals surface area (Å²) in [6.45, 7) is 6.13. The van der Waals surface area contributed by atoms with Crippen molar-refractivity contribution in [2.45, 2.75) is 32.6 Å². The van der Waals surface area contributed by atoms with E-state index in [9.17, 15) is 4.79 Å². The number of nitrogens with zero attached hydrogens (tertiary/aromatic N) is 1. The van der Waals surface area contributed by atoms with Crippen LogP contribution < -0.4 is 11.1 Å². The van der Waals surface area contributed by atoms with Gasteiger partial charge in [0, 0.05) is 23.9 Å². The van der Waals surface area contributed by atoms with Crippen molar-refractivity contribution in [1.82, 2.24) is 10.5 Å². The molecule has 104 valence electrons. The summed E-state index contributed by atoms with van der Waals surface area (Å²) < 4.78 is 5.05. The van der Waals surface area contributed by atoms with Crippen molar-refractivity contribution < 1.29 is 9.32 Å². The van der Waals surface area contributed by atoms with Crippen molar-refractivity contribution >= 4 is 30.1 Å². The summed E-state index contributed by atoms with van der Waals surface area (Å²) in [4.78, 5) is 11.5. The molecule has 0 aromatic carbocycles. The fourth-order valence-electron chi connectivity index (χ4n) is 1.33. The van der Waals surface area contributed by atoms with E-state index in [4.69, 9.17) is 10.3 Å². The Kier molecular flexibility index (Phi) is 8.06. The normalized spacial score (nSPS) is 11.8. The summed E-state index contributed by atoms with van der Waals surface area (Å²) >= 11 is 1.55. The van der Waals surface area contributed by atoms with Gasteiger partial charge < -0.3 is 15.6 Å². The Hall–Kier alpha value is -0.720. The predicted molar refractivity (Wildman–Crippen MR) is 76.0 cm³/mol. The third kappa shape index (κ3) is 5.29. The first kappa shape index (κ1) is 17.3. The number of aromatic nitrogens is 1. The average Bonchev–Trinajstić information content (AvgIpc) is 2.60. The minimum atomic E-state index is 0. The number of nitrogens with two attached hydrogens (primary N) is 1. The van der Waals surface area contributed by atoms with Crippen LogP contribution in [-0.2, 0) is 10.5 Å². The van der Waals surface area contributed by atoms with Gasteiger partial charge in [-0.15, -0.1) is 24.2 Å². The molecule has 1 rings (SSSR count). The van der Waals surface area contributed by atoms with Crippen LogP contribution in [0.15, 0.2) is 4.52 Å². The second-order valence-electron chi connectivity index (χ2n) is 4.00. The number of carbonyl (C=O) groups excluding carboxylic acids is 1. The molecule has 0 saturated heterocycles. The third-order valence-electron chi connectivity index (χ3n) is 2.42. The predicted octanol–water partition coefficient (Wildman–Crippen LogP) is 1.41. The lowest BCUT2D eigenvalue weighted by Gasteiger charge is -2.10. The molecule has 5 nitrogen and oxygen atoms in total. The van der Waals surface area contributed by atoms with E-state index in [1.807, 2.05) is 20.8 Å². The van der Waals surface area contributed by atoms with Crippen molar-refractivity contribution in [3.05, 3.63) is 17.0 Å². The molecule has 1 heterocycles. The molecule has 0 unspecified atom stereocenters. The van der Waals surface area contributed by atoms with Crippen LogP contribution in [0.2, 0.25) is 0 Å². The number of amides is 1. The van der Waals surface area contributed by atoms with Crippen LogP contribution in [0.3, 0.4) is 0 Å². The van der Waals surface area contributed by atoms with Gasteiger partial charge in [-0.25, -0.2) is 0 Å². The molecule has 0 aliphatic carbocycles. The zero-order chi connectivity index (χ0) is 12.8. The zero-order valence-corrected chi connectivity index (χ0v) is 12.5. The van der Waals surface area contributed by atoms with E-state index in [2.05, 4.69) is 10.5 Å². The first-order valence-corrected chi connectivity index (χ1v) is 6.69. The maximum Gasteiger partial charge on any atom is 0.230 e. The van der Waals surface area contributed by atoms with E-state index < -0.39 is 0 Å². The fourth-order valence-corrected chi connectivity index (χ4v) is 2.32. The number of hydrogen-bond acceptors (Lipinski definition) is 5. The summed E-state index contributed by atoms with van der Waals surface area (Å²) in [6.07, 6.45) is 0. The Morgan fingerprint density at radius 1 is 1.56 bits per heavy atom. The van der Waals surface area contributed by atoms with Crippen molar-refractivity contribution in [2.24, 2.45) is 5.73 Å². The van der Waals surface area contributed by atoms with Crippen LogP contribution in [0, 0.1) is 13.8 Å². The summed E-state index contributed by atoms with van der Waals surface area (Å²) in [5, 5.41) is 6.69. The van der Waals surface area contributed by atoms with Gasteiger partial charge >= 0.3 is 0 Å². The molecule has 0 bridgehead atoms. The van der Waals surface area contributed by atoms with E-state index in [1.165, 1.54) is 0 Å². The highest BCUT2D eigenvalue weighted by Crippen LogP contribution is 2.19. The Morgan fingerprint density at radius 2 is 2.22 bits per heavy atom. The minimum absolute atomic E-state index is 0. The van der Waals surface area contributed by atoms with E-state index >= 15 is 0 Å². The second-order valence-corrected chi connectivity index (χ2v) is 4.99. The van der Waals surface area contributed by atoms with E-state index in [0.29, 0.717) is 12.3 Å². The van der Waals surface area contributed by atoms with E-state index in [1.54, 1.807) is 11.8 Å². The maximum absolute atomic E-state index is 11.5. The van der Waals surface area contributed by atoms with Crippen molar-refractivity contribution in [3.8, 4) is 0 Å². The van der Waals surface area contributed by atoms with Gasteiger partial charge in [0.15, 0.2) is 0 Å². The van der Waals surface area contributed by atoms with Crippen LogP contribution in [0.1, 0.15) is 23.9 Å². The SMILES string of the molecule is Cc1noc(C)c1CSCC(=O)N[C@@H](C)CN.Cl.